The van der Waals surface area contributed by atoms with E-state index in [1.807, 2.05) is 6.07 Å². The number of amides is 1. The molecule has 1 fully saturated rings. The lowest BCUT2D eigenvalue weighted by Gasteiger charge is -2.35. The number of hydrogen-bond donors (Lipinski definition) is 0. The highest BCUT2D eigenvalue weighted by atomic mass is 19.1. The summed E-state index contributed by atoms with van der Waals surface area (Å²) in [5.74, 6) is -1.76. The largest absolute Gasteiger partial charge is 0.483 e. The molecule has 0 unspecified atom stereocenters. The van der Waals surface area contributed by atoms with Crippen molar-refractivity contribution >= 4 is 5.91 Å². The van der Waals surface area contributed by atoms with Crippen molar-refractivity contribution in [1.82, 2.24) is 4.90 Å². The summed E-state index contributed by atoms with van der Waals surface area (Å²) in [7, 11) is 0. The molecule has 1 saturated heterocycles. The quantitative estimate of drug-likeness (QED) is 0.516. The van der Waals surface area contributed by atoms with Crippen molar-refractivity contribution in [2.75, 3.05) is 6.54 Å². The molecule has 7 heteroatoms. The topological polar surface area (TPSA) is 53.3 Å². The predicted molar refractivity (Wildman–Crippen MR) is 111 cm³/mol. The normalized spacial score (nSPS) is 15.3. The Kier molecular flexibility index (Phi) is 6.13. The zero-order valence-electron chi connectivity index (χ0n) is 17.0. The molecule has 3 aromatic carbocycles. The summed E-state index contributed by atoms with van der Waals surface area (Å²) in [6, 6.07) is 16.2. The number of ether oxygens (including phenoxy) is 1. The summed E-state index contributed by atoms with van der Waals surface area (Å²) < 4.78 is 48.1. The highest BCUT2D eigenvalue weighted by molar-refractivity contribution is 5.78. The molecule has 1 heterocycles. The van der Waals surface area contributed by atoms with E-state index in [-0.39, 0.29) is 11.5 Å². The molecule has 0 bridgehead atoms. The maximum absolute atomic E-state index is 14.1. The van der Waals surface area contributed by atoms with Gasteiger partial charge in [-0.25, -0.2) is 13.2 Å². The van der Waals surface area contributed by atoms with Gasteiger partial charge < -0.3 is 9.64 Å². The van der Waals surface area contributed by atoms with Crippen LogP contribution in [-0.4, -0.2) is 17.4 Å². The van der Waals surface area contributed by atoms with Gasteiger partial charge >= 0.3 is 0 Å². The summed E-state index contributed by atoms with van der Waals surface area (Å²) in [5.41, 5.74) is 1.20. The molecule has 32 heavy (non-hydrogen) atoms. The maximum Gasteiger partial charge on any atom is 0.223 e. The molecule has 0 aromatic heterocycles. The summed E-state index contributed by atoms with van der Waals surface area (Å²) in [6.45, 7) is 0.436. The van der Waals surface area contributed by atoms with Gasteiger partial charge in [-0.2, -0.15) is 5.26 Å². The van der Waals surface area contributed by atoms with Gasteiger partial charge in [-0.3, -0.25) is 4.79 Å². The van der Waals surface area contributed by atoms with Crippen molar-refractivity contribution in [2.45, 2.75) is 25.0 Å². The van der Waals surface area contributed by atoms with Crippen LogP contribution in [0.2, 0.25) is 0 Å². The molecule has 1 amide bonds. The van der Waals surface area contributed by atoms with Gasteiger partial charge in [-0.05, 0) is 60.5 Å². The second-order valence-electron chi connectivity index (χ2n) is 7.56. The number of rotatable bonds is 6. The lowest BCUT2D eigenvalue weighted by Crippen LogP contribution is -2.36. The summed E-state index contributed by atoms with van der Waals surface area (Å²) in [5, 5.41) is 9.03. The number of hydrogen-bond acceptors (Lipinski definition) is 3. The number of carbonyl (C=O) groups is 1. The van der Waals surface area contributed by atoms with Crippen molar-refractivity contribution in [1.29, 1.82) is 5.26 Å². The van der Waals surface area contributed by atoms with Gasteiger partial charge in [0.1, 0.15) is 29.3 Å². The van der Waals surface area contributed by atoms with Crippen LogP contribution in [0.5, 0.6) is 5.75 Å². The molecule has 4 nitrogen and oxygen atoms in total. The second-order valence-corrected chi connectivity index (χ2v) is 7.56. The molecular formula is C25H19F3N2O2. The third kappa shape index (κ3) is 4.59. The molecule has 0 spiro atoms. The first-order valence-corrected chi connectivity index (χ1v) is 10.1. The first kappa shape index (κ1) is 21.4. The Bertz CT molecular complexity index is 1140. The molecule has 0 saturated carbocycles. The van der Waals surface area contributed by atoms with Crippen molar-refractivity contribution in [3.05, 3.63) is 101 Å². The van der Waals surface area contributed by atoms with Gasteiger partial charge in [0.05, 0.1) is 17.7 Å². The smallest absolute Gasteiger partial charge is 0.223 e. The highest BCUT2D eigenvalue weighted by Gasteiger charge is 2.37. The van der Waals surface area contributed by atoms with Gasteiger partial charge in [0.2, 0.25) is 5.91 Å². The molecule has 2 atom stereocenters. The molecule has 3 aromatic rings. The summed E-state index contributed by atoms with van der Waals surface area (Å²) in [4.78, 5) is 14.3. The minimum absolute atomic E-state index is 0.121. The van der Waals surface area contributed by atoms with Crippen molar-refractivity contribution in [2.24, 2.45) is 0 Å². The maximum atomic E-state index is 14.1. The minimum Gasteiger partial charge on any atom is -0.483 e. The number of carbonyl (C=O) groups excluding carboxylic acids is 1. The fourth-order valence-corrected chi connectivity index (χ4v) is 3.95. The molecule has 0 radical (unpaired) electrons. The van der Waals surface area contributed by atoms with Crippen molar-refractivity contribution in [3.63, 3.8) is 0 Å². The number of likely N-dealkylation sites (tertiary alicyclic amines) is 1. The first-order valence-electron chi connectivity index (χ1n) is 10.1. The molecule has 162 valence electrons. The SMILES string of the molecule is N#Cc1ccc(O[C@H](c2cc(F)cc(F)c2)[C@H](c2ccc(F)cc2)N2CCCC2=O)cc1. The molecule has 0 aliphatic carbocycles. The molecule has 1 aliphatic rings. The Morgan fingerprint density at radius 1 is 0.875 bits per heavy atom. The van der Waals surface area contributed by atoms with Crippen LogP contribution in [0.4, 0.5) is 13.2 Å². The third-order valence-corrected chi connectivity index (χ3v) is 5.40. The van der Waals surface area contributed by atoms with Crippen LogP contribution < -0.4 is 4.74 Å². The molecule has 0 N–H and O–H groups in total. The van der Waals surface area contributed by atoms with E-state index in [4.69, 9.17) is 10.00 Å². The van der Waals surface area contributed by atoms with Gasteiger partial charge in [0.25, 0.3) is 0 Å². The van der Waals surface area contributed by atoms with Crippen LogP contribution in [0, 0.1) is 28.8 Å². The molecular weight excluding hydrogens is 417 g/mol. The zero-order valence-corrected chi connectivity index (χ0v) is 17.0. The van der Waals surface area contributed by atoms with Crippen molar-refractivity contribution in [3.8, 4) is 11.8 Å². The van der Waals surface area contributed by atoms with Crippen LogP contribution in [-0.2, 0) is 4.79 Å². The predicted octanol–water partition coefficient (Wildman–Crippen LogP) is 5.46. The minimum atomic E-state index is -0.986. The third-order valence-electron chi connectivity index (χ3n) is 5.40. The summed E-state index contributed by atoms with van der Waals surface area (Å²) in [6.07, 6.45) is -0.00295. The summed E-state index contributed by atoms with van der Waals surface area (Å²) >= 11 is 0. The van der Waals surface area contributed by atoms with Crippen LogP contribution in [0.3, 0.4) is 0 Å². The lowest BCUT2D eigenvalue weighted by molar-refractivity contribution is -0.131. The Hall–Kier alpha value is -3.79. The molecule has 4 rings (SSSR count). The average molecular weight is 436 g/mol. The monoisotopic (exact) mass is 436 g/mol. The number of benzene rings is 3. The van der Waals surface area contributed by atoms with Crippen LogP contribution >= 0.6 is 0 Å². The fourth-order valence-electron chi connectivity index (χ4n) is 3.95. The van der Waals surface area contributed by atoms with Crippen LogP contribution in [0.25, 0.3) is 0 Å². The van der Waals surface area contributed by atoms with E-state index in [2.05, 4.69) is 0 Å². The van der Waals surface area contributed by atoms with E-state index < -0.39 is 29.6 Å². The van der Waals surface area contributed by atoms with E-state index in [1.54, 1.807) is 29.2 Å². The highest BCUT2D eigenvalue weighted by Crippen LogP contribution is 2.40. The van der Waals surface area contributed by atoms with E-state index in [1.165, 1.54) is 24.3 Å². The van der Waals surface area contributed by atoms with E-state index >= 15 is 0 Å². The Morgan fingerprint density at radius 2 is 1.53 bits per heavy atom. The Morgan fingerprint density at radius 3 is 2.09 bits per heavy atom. The zero-order chi connectivity index (χ0) is 22.7. The molecule has 1 aliphatic heterocycles. The van der Waals surface area contributed by atoms with E-state index in [0.717, 1.165) is 18.2 Å². The van der Waals surface area contributed by atoms with E-state index in [9.17, 15) is 18.0 Å². The van der Waals surface area contributed by atoms with Crippen molar-refractivity contribution < 1.29 is 22.7 Å². The fraction of sp³-hybridized carbons (Fsp3) is 0.200. The first-order chi connectivity index (χ1) is 15.4. The second kappa shape index (κ2) is 9.15. The van der Waals surface area contributed by atoms with Gasteiger partial charge in [0, 0.05) is 24.6 Å². The number of nitrogens with zero attached hydrogens (tertiary/aromatic N) is 2. The average Bonchev–Trinajstić information content (AvgIpc) is 3.20. The Balaban J connectivity index is 1.84. The lowest BCUT2D eigenvalue weighted by atomic mass is 9.93. The van der Waals surface area contributed by atoms with Crippen LogP contribution in [0.15, 0.2) is 66.7 Å². The number of nitriles is 1. The van der Waals surface area contributed by atoms with Gasteiger partial charge in [-0.15, -0.1) is 0 Å². The van der Waals surface area contributed by atoms with E-state index in [0.29, 0.717) is 36.3 Å². The Labute approximate surface area is 183 Å². The van der Waals surface area contributed by atoms with Crippen LogP contribution in [0.1, 0.15) is 41.7 Å². The number of halogens is 3. The standard InChI is InChI=1S/C25H19F3N2O2/c26-19-7-5-17(6-8-19)24(30-11-1-2-23(30)31)25(18-12-20(27)14-21(28)13-18)32-22-9-3-16(15-29)4-10-22/h3-10,12-14,24-25H,1-2,11H2/t24-,25+/m0/s1. The van der Waals surface area contributed by atoms with Gasteiger partial charge in [-0.1, -0.05) is 12.1 Å². The van der Waals surface area contributed by atoms with Gasteiger partial charge in [0.15, 0.2) is 0 Å².